The molecule has 33 heavy (non-hydrogen) atoms. The molecule has 0 atom stereocenters. The first kappa shape index (κ1) is 18.7. The summed E-state index contributed by atoms with van der Waals surface area (Å²) in [6.45, 7) is 4.70. The van der Waals surface area contributed by atoms with Crippen LogP contribution in [0.15, 0.2) is 101 Å². The van der Waals surface area contributed by atoms with E-state index in [1.54, 1.807) is 0 Å². The lowest BCUT2D eigenvalue weighted by atomic mass is 9.81. The van der Waals surface area contributed by atoms with Crippen LogP contribution in [0.25, 0.3) is 43.8 Å². The van der Waals surface area contributed by atoms with Gasteiger partial charge in [0, 0.05) is 16.2 Å². The second-order valence-electron chi connectivity index (χ2n) is 9.78. The fraction of sp³-hybridized carbons (Fsp3) is 0.125. The normalized spacial score (nSPS) is 14.1. The Morgan fingerprint density at radius 1 is 0.636 bits per heavy atom. The molecule has 0 N–H and O–H groups in total. The number of furan rings is 1. The molecule has 1 heterocycles. The molecule has 6 aromatic rings. The van der Waals surface area contributed by atoms with Crippen LogP contribution in [0.2, 0.25) is 0 Å². The first-order valence-electron chi connectivity index (χ1n) is 11.7. The van der Waals surface area contributed by atoms with Crippen LogP contribution in [0, 0.1) is 0 Å². The van der Waals surface area contributed by atoms with Gasteiger partial charge in [0.05, 0.1) is 0 Å². The molecule has 0 unspecified atom stereocenters. The van der Waals surface area contributed by atoms with E-state index in [1.165, 1.54) is 54.9 Å². The van der Waals surface area contributed by atoms with E-state index in [1.807, 2.05) is 6.07 Å². The van der Waals surface area contributed by atoms with Crippen molar-refractivity contribution in [3.05, 3.63) is 119 Å². The molecule has 1 heteroatoms. The summed E-state index contributed by atoms with van der Waals surface area (Å²) in [4.78, 5) is 0. The van der Waals surface area contributed by atoms with E-state index < -0.39 is 0 Å². The van der Waals surface area contributed by atoms with E-state index in [9.17, 15) is 0 Å². The fourth-order valence-corrected chi connectivity index (χ4v) is 5.90. The third-order valence-electron chi connectivity index (χ3n) is 7.51. The van der Waals surface area contributed by atoms with Gasteiger partial charge in [0.25, 0.3) is 0 Å². The zero-order valence-corrected chi connectivity index (χ0v) is 18.9. The number of rotatable bonds is 2. The van der Waals surface area contributed by atoms with Crippen molar-refractivity contribution in [2.45, 2.75) is 25.7 Å². The van der Waals surface area contributed by atoms with E-state index in [2.05, 4.69) is 105 Å². The van der Waals surface area contributed by atoms with Gasteiger partial charge in [-0.05, 0) is 62.7 Å². The molecule has 1 nitrogen and oxygen atoms in total. The molecule has 1 aromatic heterocycles. The van der Waals surface area contributed by atoms with Crippen molar-refractivity contribution in [1.82, 2.24) is 0 Å². The number of benzene rings is 5. The molecule has 158 valence electrons. The highest BCUT2D eigenvalue weighted by molar-refractivity contribution is 6.19. The third kappa shape index (κ3) is 2.60. The summed E-state index contributed by atoms with van der Waals surface area (Å²) >= 11 is 0. The molecule has 7 rings (SSSR count). The highest BCUT2D eigenvalue weighted by Gasteiger charge is 2.35. The highest BCUT2D eigenvalue weighted by Crippen LogP contribution is 2.49. The Labute approximate surface area is 193 Å². The molecule has 0 fully saturated rings. The van der Waals surface area contributed by atoms with Gasteiger partial charge < -0.3 is 4.42 Å². The summed E-state index contributed by atoms with van der Waals surface area (Å²) in [7, 11) is 0. The van der Waals surface area contributed by atoms with E-state index in [-0.39, 0.29) is 5.41 Å². The number of para-hydroxylation sites is 1. The van der Waals surface area contributed by atoms with E-state index >= 15 is 0 Å². The predicted octanol–water partition coefficient (Wildman–Crippen LogP) is 8.64. The Bertz CT molecular complexity index is 1710. The fourth-order valence-electron chi connectivity index (χ4n) is 5.90. The molecule has 0 spiro atoms. The Kier molecular flexibility index (Phi) is 3.73. The minimum Gasteiger partial charge on any atom is -0.456 e. The van der Waals surface area contributed by atoms with Gasteiger partial charge in [-0.3, -0.25) is 0 Å². The molecule has 0 aliphatic heterocycles. The summed E-state index contributed by atoms with van der Waals surface area (Å²) < 4.78 is 6.19. The van der Waals surface area contributed by atoms with Gasteiger partial charge in [0.1, 0.15) is 11.2 Å². The maximum atomic E-state index is 6.19. The molecule has 5 aromatic carbocycles. The van der Waals surface area contributed by atoms with Gasteiger partial charge in [-0.2, -0.15) is 0 Å². The summed E-state index contributed by atoms with van der Waals surface area (Å²) in [5, 5.41) is 4.99. The van der Waals surface area contributed by atoms with Crippen LogP contribution in [0.4, 0.5) is 0 Å². The van der Waals surface area contributed by atoms with Crippen molar-refractivity contribution < 1.29 is 4.42 Å². The largest absolute Gasteiger partial charge is 0.456 e. The van der Waals surface area contributed by atoms with E-state index in [4.69, 9.17) is 4.42 Å². The Morgan fingerprint density at radius 3 is 2.39 bits per heavy atom. The smallest absolute Gasteiger partial charge is 0.136 e. The minimum atomic E-state index is 0.0225. The molecular weight excluding hydrogens is 400 g/mol. The Balaban J connectivity index is 1.42. The molecule has 0 saturated carbocycles. The predicted molar refractivity (Wildman–Crippen MR) is 138 cm³/mol. The number of hydrogen-bond acceptors (Lipinski definition) is 1. The second-order valence-corrected chi connectivity index (χ2v) is 9.78. The minimum absolute atomic E-state index is 0.0225. The lowest BCUT2D eigenvalue weighted by Gasteiger charge is -2.22. The van der Waals surface area contributed by atoms with Crippen molar-refractivity contribution in [3.63, 3.8) is 0 Å². The molecule has 0 saturated heterocycles. The molecule has 0 bridgehead atoms. The van der Waals surface area contributed by atoms with Gasteiger partial charge in [0.2, 0.25) is 0 Å². The molecule has 1 aliphatic rings. The van der Waals surface area contributed by atoms with Crippen LogP contribution in [-0.4, -0.2) is 0 Å². The lowest BCUT2D eigenvalue weighted by molar-refractivity contribution is 0.659. The Morgan fingerprint density at radius 2 is 1.45 bits per heavy atom. The average molecular weight is 425 g/mol. The van der Waals surface area contributed by atoms with Crippen molar-refractivity contribution in [2.75, 3.05) is 0 Å². The Hall–Kier alpha value is -3.84. The summed E-state index contributed by atoms with van der Waals surface area (Å²) in [6, 6.07) is 35.2. The van der Waals surface area contributed by atoms with Crippen molar-refractivity contribution >= 4 is 32.7 Å². The number of fused-ring (bicyclic) bond motifs is 8. The van der Waals surface area contributed by atoms with E-state index in [0.29, 0.717) is 0 Å². The zero-order valence-electron chi connectivity index (χ0n) is 18.9. The number of hydrogen-bond donors (Lipinski definition) is 0. The van der Waals surface area contributed by atoms with Crippen molar-refractivity contribution in [3.8, 4) is 11.1 Å². The standard InChI is InChI=1S/C32H24O/c1-32(2)26-12-5-3-10-23(26)24-16-14-20(19-27(24)32)18-22-9-7-8-21-15-17-29-31(30(21)22)25-11-4-6-13-28(25)33-29/h3-17,19H,18H2,1-2H3. The topological polar surface area (TPSA) is 13.1 Å². The maximum Gasteiger partial charge on any atom is 0.136 e. The molecule has 0 radical (unpaired) electrons. The van der Waals surface area contributed by atoms with Crippen molar-refractivity contribution in [2.24, 2.45) is 0 Å². The molecule has 1 aliphatic carbocycles. The van der Waals surface area contributed by atoms with Crippen LogP contribution in [-0.2, 0) is 11.8 Å². The van der Waals surface area contributed by atoms with Gasteiger partial charge in [0.15, 0.2) is 0 Å². The first-order chi connectivity index (χ1) is 16.1. The molecule has 0 amide bonds. The average Bonchev–Trinajstić information content (AvgIpc) is 3.33. The van der Waals surface area contributed by atoms with Gasteiger partial charge in [-0.1, -0.05) is 98.8 Å². The zero-order chi connectivity index (χ0) is 22.2. The second kappa shape index (κ2) is 6.59. The van der Waals surface area contributed by atoms with Gasteiger partial charge in [-0.25, -0.2) is 0 Å². The van der Waals surface area contributed by atoms with Crippen molar-refractivity contribution in [1.29, 1.82) is 0 Å². The van der Waals surface area contributed by atoms with Crippen LogP contribution in [0.3, 0.4) is 0 Å². The van der Waals surface area contributed by atoms with E-state index in [0.717, 1.165) is 17.6 Å². The first-order valence-corrected chi connectivity index (χ1v) is 11.7. The van der Waals surface area contributed by atoms with Crippen LogP contribution in [0.1, 0.15) is 36.1 Å². The lowest BCUT2D eigenvalue weighted by Crippen LogP contribution is -2.15. The third-order valence-corrected chi connectivity index (χ3v) is 7.51. The van der Waals surface area contributed by atoms with Crippen LogP contribution >= 0.6 is 0 Å². The summed E-state index contributed by atoms with van der Waals surface area (Å²) in [5.74, 6) is 0. The maximum absolute atomic E-state index is 6.19. The quantitative estimate of drug-likeness (QED) is 0.271. The SMILES string of the molecule is CC1(C)c2ccccc2-c2ccc(Cc3cccc4ccc5oc6ccccc6c5c34)cc21. The summed E-state index contributed by atoms with van der Waals surface area (Å²) in [5.41, 5.74) is 10.2. The summed E-state index contributed by atoms with van der Waals surface area (Å²) in [6.07, 6.45) is 0.898. The molecular formula is C32H24O. The monoisotopic (exact) mass is 424 g/mol. The van der Waals surface area contributed by atoms with Crippen LogP contribution in [0.5, 0.6) is 0 Å². The van der Waals surface area contributed by atoms with Gasteiger partial charge in [-0.15, -0.1) is 0 Å². The van der Waals surface area contributed by atoms with Crippen LogP contribution < -0.4 is 0 Å². The highest BCUT2D eigenvalue weighted by atomic mass is 16.3. The van der Waals surface area contributed by atoms with Gasteiger partial charge >= 0.3 is 0 Å².